The molecule has 2 amide bonds. The molecule has 20 heavy (non-hydrogen) atoms. The summed E-state index contributed by atoms with van der Waals surface area (Å²) in [6, 6.07) is -0.201. The molecule has 3 N–H and O–H groups in total. The van der Waals surface area contributed by atoms with Gasteiger partial charge in [0.15, 0.2) is 0 Å². The van der Waals surface area contributed by atoms with Crippen molar-refractivity contribution in [3.05, 3.63) is 16.6 Å². The van der Waals surface area contributed by atoms with Crippen molar-refractivity contribution in [1.29, 1.82) is 0 Å². The highest BCUT2D eigenvalue weighted by molar-refractivity contribution is 7.03. The second kappa shape index (κ2) is 6.27. The highest BCUT2D eigenvalue weighted by Gasteiger charge is 2.33. The van der Waals surface area contributed by atoms with Crippen molar-refractivity contribution in [2.45, 2.75) is 25.6 Å². The summed E-state index contributed by atoms with van der Waals surface area (Å²) in [6.45, 7) is 2.25. The monoisotopic (exact) mass is 300 g/mol. The topological polar surface area (TPSA) is 88.3 Å². The van der Waals surface area contributed by atoms with Crippen LogP contribution >= 0.6 is 11.5 Å². The van der Waals surface area contributed by atoms with Gasteiger partial charge >= 0.3 is 0 Å². The number of carbonyl (C=O) groups is 2. The molecule has 0 aliphatic carbocycles. The maximum absolute atomic E-state index is 13.4. The molecule has 8 heteroatoms. The third-order valence-electron chi connectivity index (χ3n) is 3.33. The largest absolute Gasteiger partial charge is 0.369 e. The van der Waals surface area contributed by atoms with Crippen LogP contribution in [0.4, 0.5) is 4.39 Å². The first-order valence-electron chi connectivity index (χ1n) is 6.33. The lowest BCUT2D eigenvalue weighted by Crippen LogP contribution is -2.43. The summed E-state index contributed by atoms with van der Waals surface area (Å²) in [5, 5.41) is 4.44. The smallest absolute Gasteiger partial charge is 0.254 e. The van der Waals surface area contributed by atoms with Crippen LogP contribution in [-0.2, 0) is 4.79 Å². The molecule has 1 aliphatic heterocycles. The van der Waals surface area contributed by atoms with E-state index in [9.17, 15) is 14.0 Å². The van der Waals surface area contributed by atoms with E-state index in [1.165, 1.54) is 11.5 Å². The van der Waals surface area contributed by atoms with Crippen LogP contribution in [0.25, 0.3) is 0 Å². The van der Waals surface area contributed by atoms with Crippen molar-refractivity contribution < 1.29 is 14.0 Å². The van der Waals surface area contributed by atoms with Gasteiger partial charge in [0.05, 0.1) is 17.8 Å². The van der Waals surface area contributed by atoms with Crippen LogP contribution < -0.4 is 11.1 Å². The van der Waals surface area contributed by atoms with Crippen molar-refractivity contribution in [1.82, 2.24) is 14.6 Å². The standard InChI is InChI=1S/C12H17FN4O2S/c1-7-10(6-20-16-7)12(19)15-3-9-2-8(13)4-17(9)5-11(14)18/h6,8-9H,2-5H2,1H3,(H2,14,18)(H,15,19)/t8-,9-/m0/s1. The van der Waals surface area contributed by atoms with E-state index < -0.39 is 12.1 Å². The van der Waals surface area contributed by atoms with E-state index in [-0.39, 0.29) is 25.0 Å². The Bertz CT molecular complexity index is 507. The second-order valence-corrected chi connectivity index (χ2v) is 5.54. The van der Waals surface area contributed by atoms with Crippen LogP contribution in [0.15, 0.2) is 5.38 Å². The number of primary amides is 1. The fraction of sp³-hybridized carbons (Fsp3) is 0.583. The Morgan fingerprint density at radius 2 is 2.40 bits per heavy atom. The second-order valence-electron chi connectivity index (χ2n) is 4.91. The van der Waals surface area contributed by atoms with E-state index in [0.29, 0.717) is 24.2 Å². The van der Waals surface area contributed by atoms with Gasteiger partial charge in [0.1, 0.15) is 6.17 Å². The molecule has 1 fully saturated rings. The average molecular weight is 300 g/mol. The quantitative estimate of drug-likeness (QED) is 0.806. The van der Waals surface area contributed by atoms with Gasteiger partial charge in [0.25, 0.3) is 5.91 Å². The summed E-state index contributed by atoms with van der Waals surface area (Å²) < 4.78 is 17.5. The van der Waals surface area contributed by atoms with E-state index in [1.54, 1.807) is 17.2 Å². The number of nitrogens with two attached hydrogens (primary N) is 1. The first-order chi connectivity index (χ1) is 9.47. The highest BCUT2D eigenvalue weighted by atomic mass is 32.1. The molecular formula is C12H17FN4O2S. The number of aromatic nitrogens is 1. The zero-order valence-corrected chi connectivity index (χ0v) is 12.0. The number of hydrogen-bond donors (Lipinski definition) is 2. The van der Waals surface area contributed by atoms with E-state index in [2.05, 4.69) is 9.69 Å². The van der Waals surface area contributed by atoms with Gasteiger partial charge < -0.3 is 11.1 Å². The lowest BCUT2D eigenvalue weighted by Gasteiger charge is -2.22. The van der Waals surface area contributed by atoms with Crippen LogP contribution in [0.2, 0.25) is 0 Å². The molecule has 2 rings (SSSR count). The van der Waals surface area contributed by atoms with Crippen LogP contribution in [0.1, 0.15) is 22.5 Å². The molecule has 1 aromatic rings. The molecule has 0 unspecified atom stereocenters. The number of hydrogen-bond acceptors (Lipinski definition) is 5. The maximum atomic E-state index is 13.4. The molecule has 0 radical (unpaired) electrons. The van der Waals surface area contributed by atoms with Gasteiger partial charge in [-0.25, -0.2) is 4.39 Å². The van der Waals surface area contributed by atoms with Crippen LogP contribution in [0, 0.1) is 6.92 Å². The molecule has 110 valence electrons. The molecule has 1 aliphatic rings. The minimum atomic E-state index is -0.985. The molecular weight excluding hydrogens is 283 g/mol. The van der Waals surface area contributed by atoms with Gasteiger partial charge in [-0.05, 0) is 24.9 Å². The SMILES string of the molecule is Cc1nscc1C(=O)NC[C@@H]1C[C@H](F)CN1CC(N)=O. The normalized spacial score (nSPS) is 22.9. The molecule has 0 bridgehead atoms. The minimum absolute atomic E-state index is 0.0139. The zero-order valence-electron chi connectivity index (χ0n) is 11.1. The Kier molecular flexibility index (Phi) is 4.66. The summed E-state index contributed by atoms with van der Waals surface area (Å²) in [5.41, 5.74) is 6.35. The van der Waals surface area contributed by atoms with E-state index in [4.69, 9.17) is 5.73 Å². The first-order valence-corrected chi connectivity index (χ1v) is 7.16. The Balaban J connectivity index is 1.90. The van der Waals surface area contributed by atoms with Crippen molar-refractivity contribution >= 4 is 23.3 Å². The van der Waals surface area contributed by atoms with Gasteiger partial charge in [0.2, 0.25) is 5.91 Å². The molecule has 0 saturated carbocycles. The number of carbonyl (C=O) groups excluding carboxylic acids is 2. The number of nitrogens with zero attached hydrogens (tertiary/aromatic N) is 2. The fourth-order valence-corrected chi connectivity index (χ4v) is 3.04. The van der Waals surface area contributed by atoms with Crippen molar-refractivity contribution in [2.24, 2.45) is 5.73 Å². The van der Waals surface area contributed by atoms with Crippen molar-refractivity contribution in [3.63, 3.8) is 0 Å². The maximum Gasteiger partial charge on any atom is 0.254 e. The van der Waals surface area contributed by atoms with Gasteiger partial charge in [-0.1, -0.05) is 0 Å². The van der Waals surface area contributed by atoms with Crippen molar-refractivity contribution in [2.75, 3.05) is 19.6 Å². The highest BCUT2D eigenvalue weighted by Crippen LogP contribution is 2.19. The molecule has 1 saturated heterocycles. The fourth-order valence-electron chi connectivity index (χ4n) is 2.34. The Morgan fingerprint density at radius 1 is 1.65 bits per heavy atom. The number of alkyl halides is 1. The summed E-state index contributed by atoms with van der Waals surface area (Å²) in [6.07, 6.45) is -0.685. The number of nitrogens with one attached hydrogen (secondary N) is 1. The molecule has 2 atom stereocenters. The Labute approximate surface area is 120 Å². The number of rotatable bonds is 5. The number of amides is 2. The van der Waals surface area contributed by atoms with E-state index >= 15 is 0 Å². The first kappa shape index (κ1) is 14.9. The predicted molar refractivity (Wildman–Crippen MR) is 73.3 cm³/mol. The van der Waals surface area contributed by atoms with Gasteiger partial charge in [-0.3, -0.25) is 14.5 Å². The lowest BCUT2D eigenvalue weighted by molar-refractivity contribution is -0.119. The summed E-state index contributed by atoms with van der Waals surface area (Å²) in [5.74, 6) is -0.717. The summed E-state index contributed by atoms with van der Waals surface area (Å²) >= 11 is 1.22. The van der Waals surface area contributed by atoms with Crippen LogP contribution in [0.3, 0.4) is 0 Å². The number of aryl methyl sites for hydroxylation is 1. The van der Waals surface area contributed by atoms with Crippen LogP contribution in [0.5, 0.6) is 0 Å². The number of likely N-dealkylation sites (tertiary alicyclic amines) is 1. The molecule has 2 heterocycles. The predicted octanol–water partition coefficient (Wildman–Crippen LogP) is 0.0790. The van der Waals surface area contributed by atoms with E-state index in [0.717, 1.165) is 0 Å². The van der Waals surface area contributed by atoms with Gasteiger partial charge in [0, 0.05) is 24.5 Å². The molecule has 6 nitrogen and oxygen atoms in total. The Morgan fingerprint density at radius 3 is 3.00 bits per heavy atom. The zero-order chi connectivity index (χ0) is 14.7. The average Bonchev–Trinajstić information content (AvgIpc) is 2.92. The molecule has 0 spiro atoms. The summed E-state index contributed by atoms with van der Waals surface area (Å²) in [4.78, 5) is 24.6. The van der Waals surface area contributed by atoms with E-state index in [1.807, 2.05) is 0 Å². The third kappa shape index (κ3) is 3.51. The van der Waals surface area contributed by atoms with Crippen molar-refractivity contribution in [3.8, 4) is 0 Å². The van der Waals surface area contributed by atoms with Crippen LogP contribution in [-0.4, -0.2) is 52.9 Å². The van der Waals surface area contributed by atoms with Gasteiger partial charge in [-0.15, -0.1) is 0 Å². The van der Waals surface area contributed by atoms with Gasteiger partial charge in [-0.2, -0.15) is 4.37 Å². The molecule has 0 aromatic carbocycles. The Hall–Kier alpha value is -1.54. The summed E-state index contributed by atoms with van der Waals surface area (Å²) in [7, 11) is 0. The third-order valence-corrected chi connectivity index (χ3v) is 4.05. The molecule has 1 aromatic heterocycles. The lowest BCUT2D eigenvalue weighted by atomic mass is 10.2. The number of halogens is 1. The minimum Gasteiger partial charge on any atom is -0.369 e.